The minimum Gasteiger partial charge on any atom is -0.486 e. The van der Waals surface area contributed by atoms with E-state index in [1.54, 1.807) is 48.5 Å². The number of hydrogen-bond acceptors (Lipinski definition) is 5. The van der Waals surface area contributed by atoms with Gasteiger partial charge in [-0.2, -0.15) is 0 Å². The van der Waals surface area contributed by atoms with Crippen LogP contribution in [0.2, 0.25) is 0 Å². The van der Waals surface area contributed by atoms with E-state index in [0.29, 0.717) is 22.7 Å². The average Bonchev–Trinajstić information content (AvgIpc) is 2.74. The summed E-state index contributed by atoms with van der Waals surface area (Å²) in [5.41, 5.74) is 1.34. The number of benzene rings is 3. The van der Waals surface area contributed by atoms with Crippen LogP contribution in [0, 0.1) is 0 Å². The van der Waals surface area contributed by atoms with E-state index in [1.807, 2.05) is 24.3 Å². The van der Waals surface area contributed by atoms with Crippen molar-refractivity contribution in [3.63, 3.8) is 0 Å². The average molecular weight is 440 g/mol. The molecule has 0 fully saturated rings. The molecule has 0 unspecified atom stereocenters. The molecule has 5 nitrogen and oxygen atoms in total. The molecule has 0 aliphatic rings. The second-order valence-corrected chi connectivity index (χ2v) is 8.91. The Morgan fingerprint density at radius 3 is 2.10 bits per heavy atom. The number of ketones is 1. The van der Waals surface area contributed by atoms with Crippen LogP contribution in [0.25, 0.3) is 0 Å². The number of thiocarbonyl (C=S) groups is 1. The van der Waals surface area contributed by atoms with Crippen molar-refractivity contribution < 1.29 is 17.9 Å². The maximum atomic E-state index is 12.5. The third-order valence-corrected chi connectivity index (χ3v) is 5.88. The highest BCUT2D eigenvalue weighted by Crippen LogP contribution is 2.17. The lowest BCUT2D eigenvalue weighted by Gasteiger charge is -2.09. The van der Waals surface area contributed by atoms with Crippen molar-refractivity contribution in [1.29, 1.82) is 0 Å². The summed E-state index contributed by atoms with van der Waals surface area (Å²) < 4.78 is 32.9. The van der Waals surface area contributed by atoms with Gasteiger partial charge < -0.3 is 4.74 Å². The number of Topliss-reactive ketones (excluding diaryl/α,β-unsaturated/α-hetero) is 1. The predicted molar refractivity (Wildman–Crippen MR) is 122 cm³/mol. The molecule has 0 spiro atoms. The van der Waals surface area contributed by atoms with Crippen molar-refractivity contribution >= 4 is 38.6 Å². The number of rotatable bonds is 10. The lowest BCUT2D eigenvalue weighted by molar-refractivity contribution is -0.119. The van der Waals surface area contributed by atoms with E-state index in [-0.39, 0.29) is 23.7 Å². The highest BCUT2D eigenvalue weighted by atomic mass is 32.2. The van der Waals surface area contributed by atoms with Crippen LogP contribution < -0.4 is 9.46 Å². The first-order valence-electron chi connectivity index (χ1n) is 9.30. The van der Waals surface area contributed by atoms with Crippen molar-refractivity contribution in [3.05, 3.63) is 90.5 Å². The van der Waals surface area contributed by atoms with Crippen molar-refractivity contribution in [3.8, 4) is 5.75 Å². The highest BCUT2D eigenvalue weighted by molar-refractivity contribution is 7.92. The molecule has 3 rings (SSSR count). The molecular formula is C23H21NO4S2. The van der Waals surface area contributed by atoms with Gasteiger partial charge in [-0.1, -0.05) is 60.7 Å². The van der Waals surface area contributed by atoms with Gasteiger partial charge in [0.25, 0.3) is 10.0 Å². The first-order chi connectivity index (χ1) is 14.4. The molecule has 0 aliphatic carbocycles. The monoisotopic (exact) mass is 439 g/mol. The van der Waals surface area contributed by atoms with Gasteiger partial charge >= 0.3 is 0 Å². The quantitative estimate of drug-likeness (QED) is 0.473. The topological polar surface area (TPSA) is 72.5 Å². The molecule has 0 aliphatic heterocycles. The minimum atomic E-state index is -3.66. The number of carbonyl (C=O) groups is 1. The molecule has 7 heteroatoms. The summed E-state index contributed by atoms with van der Waals surface area (Å²) in [6.07, 6.45) is 0.552. The van der Waals surface area contributed by atoms with E-state index in [2.05, 4.69) is 4.72 Å². The number of para-hydroxylation sites is 2. The summed E-state index contributed by atoms with van der Waals surface area (Å²) >= 11 is 5.33. The molecule has 0 atom stereocenters. The first-order valence-corrected chi connectivity index (χ1v) is 11.2. The Hall–Kier alpha value is -3.03. The summed E-state index contributed by atoms with van der Waals surface area (Å²) in [7, 11) is -3.66. The van der Waals surface area contributed by atoms with Gasteiger partial charge in [0.1, 0.15) is 12.4 Å². The summed E-state index contributed by atoms with van der Waals surface area (Å²) in [6.45, 7) is -0.0352. The summed E-state index contributed by atoms with van der Waals surface area (Å²) in [4.78, 5) is 12.8. The Morgan fingerprint density at radius 2 is 1.47 bits per heavy atom. The molecule has 0 saturated carbocycles. The molecule has 30 heavy (non-hydrogen) atoms. The second kappa shape index (κ2) is 10.1. The Balaban J connectivity index is 1.52. The van der Waals surface area contributed by atoms with Gasteiger partial charge in [-0.05, 0) is 42.0 Å². The Labute approximate surface area is 181 Å². The Kier molecular flexibility index (Phi) is 7.32. The number of nitrogens with one attached hydrogen (secondary N) is 1. The lowest BCUT2D eigenvalue weighted by atomic mass is 10.1. The van der Waals surface area contributed by atoms with Gasteiger partial charge in [0, 0.05) is 23.4 Å². The van der Waals surface area contributed by atoms with E-state index in [0.717, 1.165) is 5.56 Å². The van der Waals surface area contributed by atoms with Crippen molar-refractivity contribution in [2.75, 3.05) is 11.3 Å². The maximum absolute atomic E-state index is 12.5. The predicted octanol–water partition coefficient (Wildman–Crippen LogP) is 4.44. The summed E-state index contributed by atoms with van der Waals surface area (Å²) in [6, 6.07) is 24.3. The standard InChI is InChI=1S/C23H21NO4S2/c25-20(17-28-21-9-5-2-6-10-21)16-22(29)15-18-11-13-23(14-12-18)30(26,27)24-19-7-3-1-4-8-19/h1-14,24H,15-17H2. The van der Waals surface area contributed by atoms with Crippen LogP contribution in [0.15, 0.2) is 89.8 Å². The maximum Gasteiger partial charge on any atom is 0.261 e. The fourth-order valence-corrected chi connectivity index (χ4v) is 4.13. The fourth-order valence-electron chi connectivity index (χ4n) is 2.75. The largest absolute Gasteiger partial charge is 0.486 e. The van der Waals surface area contributed by atoms with E-state index in [9.17, 15) is 13.2 Å². The van der Waals surface area contributed by atoms with Gasteiger partial charge in [-0.3, -0.25) is 9.52 Å². The molecule has 3 aromatic rings. The number of carbonyl (C=O) groups excluding carboxylic acids is 1. The zero-order chi connectivity index (χ0) is 21.4. The molecule has 154 valence electrons. The van der Waals surface area contributed by atoms with E-state index >= 15 is 0 Å². The van der Waals surface area contributed by atoms with Crippen LogP contribution in [0.4, 0.5) is 5.69 Å². The van der Waals surface area contributed by atoms with Crippen LogP contribution in [0.3, 0.4) is 0 Å². The van der Waals surface area contributed by atoms with Crippen LogP contribution in [-0.4, -0.2) is 25.7 Å². The van der Waals surface area contributed by atoms with Gasteiger partial charge in [-0.25, -0.2) is 8.42 Å². The van der Waals surface area contributed by atoms with E-state index < -0.39 is 10.0 Å². The number of hydrogen-bond donors (Lipinski definition) is 1. The Bertz CT molecular complexity index is 1100. The molecule has 1 N–H and O–H groups in total. The lowest BCUT2D eigenvalue weighted by Crippen LogP contribution is -2.16. The van der Waals surface area contributed by atoms with E-state index in [1.165, 1.54) is 12.1 Å². The van der Waals surface area contributed by atoms with Crippen LogP contribution in [0.1, 0.15) is 12.0 Å². The van der Waals surface area contributed by atoms with Gasteiger partial charge in [0.05, 0.1) is 4.90 Å². The van der Waals surface area contributed by atoms with Crippen LogP contribution in [-0.2, 0) is 21.2 Å². The molecule has 0 radical (unpaired) electrons. The van der Waals surface area contributed by atoms with Crippen molar-refractivity contribution in [2.24, 2.45) is 0 Å². The van der Waals surface area contributed by atoms with E-state index in [4.69, 9.17) is 17.0 Å². The number of ether oxygens (including phenoxy) is 1. The first kappa shape index (κ1) is 21.7. The normalized spacial score (nSPS) is 10.9. The smallest absolute Gasteiger partial charge is 0.261 e. The van der Waals surface area contributed by atoms with Crippen molar-refractivity contribution in [2.45, 2.75) is 17.7 Å². The third kappa shape index (κ3) is 6.50. The summed E-state index contributed by atoms with van der Waals surface area (Å²) in [5.74, 6) is 0.535. The SMILES string of the molecule is O=C(COc1ccccc1)CC(=S)Cc1ccc(S(=O)(=O)Nc2ccccc2)cc1. The van der Waals surface area contributed by atoms with Crippen LogP contribution in [0.5, 0.6) is 5.75 Å². The van der Waals surface area contributed by atoms with Gasteiger partial charge in [0.2, 0.25) is 0 Å². The van der Waals surface area contributed by atoms with Gasteiger partial charge in [0.15, 0.2) is 5.78 Å². The van der Waals surface area contributed by atoms with Crippen molar-refractivity contribution in [1.82, 2.24) is 0 Å². The minimum absolute atomic E-state index is 0.0352. The summed E-state index contributed by atoms with van der Waals surface area (Å²) in [5, 5.41) is 0. The van der Waals surface area contributed by atoms with Crippen LogP contribution >= 0.6 is 12.2 Å². The molecule has 0 bridgehead atoms. The molecule has 0 heterocycles. The second-order valence-electron chi connectivity index (χ2n) is 6.65. The zero-order valence-corrected chi connectivity index (χ0v) is 17.8. The number of anilines is 1. The third-order valence-electron chi connectivity index (χ3n) is 4.20. The number of sulfonamides is 1. The molecular weight excluding hydrogens is 418 g/mol. The molecule has 0 amide bonds. The molecule has 3 aromatic carbocycles. The fraction of sp³-hybridized carbons (Fsp3) is 0.130. The Morgan fingerprint density at radius 1 is 0.867 bits per heavy atom. The zero-order valence-electron chi connectivity index (χ0n) is 16.2. The van der Waals surface area contributed by atoms with Gasteiger partial charge in [-0.15, -0.1) is 0 Å². The molecule has 0 saturated heterocycles. The highest BCUT2D eigenvalue weighted by Gasteiger charge is 2.14. The molecule has 0 aromatic heterocycles.